The Morgan fingerprint density at radius 3 is 2.21 bits per heavy atom. The number of rotatable bonds is 7. The van der Waals surface area contributed by atoms with E-state index in [1.54, 1.807) is 0 Å². The number of hydrogen-bond acceptors (Lipinski definition) is 1. The van der Waals surface area contributed by atoms with Gasteiger partial charge >= 0.3 is 0 Å². The summed E-state index contributed by atoms with van der Waals surface area (Å²) >= 11 is 0. The molecule has 0 unspecified atom stereocenters. The Morgan fingerprint density at radius 1 is 0.958 bits per heavy atom. The van der Waals surface area contributed by atoms with E-state index < -0.39 is 0 Å². The lowest BCUT2D eigenvalue weighted by molar-refractivity contribution is 0.304. The summed E-state index contributed by atoms with van der Waals surface area (Å²) in [5, 5.41) is 0. The molecule has 130 valence electrons. The fourth-order valence-electron chi connectivity index (χ4n) is 2.55. The van der Waals surface area contributed by atoms with E-state index in [0.29, 0.717) is 0 Å². The number of allylic oxidation sites excluding steroid dienone is 1. The van der Waals surface area contributed by atoms with E-state index >= 15 is 0 Å². The monoisotopic (exact) mass is 324 g/mol. The second kappa shape index (κ2) is 11.5. The number of benzene rings is 2. The SMILES string of the molecule is C=CCc1c(C)ccc(OCCCCC)c1C.Cc1ccccc1. The molecule has 2 aromatic carbocycles. The molecular weight excluding hydrogens is 292 g/mol. The van der Waals surface area contributed by atoms with E-state index in [1.807, 2.05) is 24.3 Å². The molecule has 0 saturated carbocycles. The van der Waals surface area contributed by atoms with Crippen LogP contribution in [0.25, 0.3) is 0 Å². The average Bonchev–Trinajstić information content (AvgIpc) is 2.58. The van der Waals surface area contributed by atoms with Crippen LogP contribution in [0.3, 0.4) is 0 Å². The van der Waals surface area contributed by atoms with Gasteiger partial charge in [-0.1, -0.05) is 67.8 Å². The van der Waals surface area contributed by atoms with Gasteiger partial charge in [0.15, 0.2) is 0 Å². The van der Waals surface area contributed by atoms with E-state index in [-0.39, 0.29) is 0 Å². The molecule has 0 saturated heterocycles. The van der Waals surface area contributed by atoms with Crippen LogP contribution >= 0.6 is 0 Å². The maximum atomic E-state index is 5.85. The highest BCUT2D eigenvalue weighted by atomic mass is 16.5. The lowest BCUT2D eigenvalue weighted by atomic mass is 9.99. The van der Waals surface area contributed by atoms with Crippen LogP contribution in [0.4, 0.5) is 0 Å². The lowest BCUT2D eigenvalue weighted by Gasteiger charge is -2.14. The average molecular weight is 325 g/mol. The molecule has 2 aromatic rings. The van der Waals surface area contributed by atoms with Gasteiger partial charge in [-0.15, -0.1) is 6.58 Å². The summed E-state index contributed by atoms with van der Waals surface area (Å²) in [5.74, 6) is 1.03. The third kappa shape index (κ3) is 7.04. The zero-order valence-electron chi connectivity index (χ0n) is 15.8. The second-order valence-electron chi connectivity index (χ2n) is 6.19. The molecule has 2 rings (SSSR count). The van der Waals surface area contributed by atoms with Crippen LogP contribution in [-0.4, -0.2) is 6.61 Å². The van der Waals surface area contributed by atoms with Crippen molar-refractivity contribution >= 4 is 0 Å². The third-order valence-electron chi connectivity index (χ3n) is 4.08. The maximum absolute atomic E-state index is 5.85. The zero-order valence-corrected chi connectivity index (χ0v) is 15.8. The lowest BCUT2D eigenvalue weighted by Crippen LogP contribution is -2.01. The largest absolute Gasteiger partial charge is 0.493 e. The molecule has 24 heavy (non-hydrogen) atoms. The topological polar surface area (TPSA) is 9.23 Å². The Bertz CT molecular complexity index is 599. The fourth-order valence-corrected chi connectivity index (χ4v) is 2.55. The van der Waals surface area contributed by atoms with E-state index in [1.165, 1.54) is 35.1 Å². The standard InChI is InChI=1S/C16H24O.C7H8/c1-5-7-8-12-17-16-11-10-13(3)15(9-6-2)14(16)4;1-7-5-3-2-4-6-7/h6,10-11H,2,5,7-9,12H2,1,3-4H3;2-6H,1H3. The molecule has 1 nitrogen and oxygen atoms in total. The second-order valence-corrected chi connectivity index (χ2v) is 6.19. The predicted molar refractivity (Wildman–Crippen MR) is 106 cm³/mol. The van der Waals surface area contributed by atoms with Crippen molar-refractivity contribution < 1.29 is 4.74 Å². The summed E-state index contributed by atoms with van der Waals surface area (Å²) in [6.07, 6.45) is 6.49. The summed E-state index contributed by atoms with van der Waals surface area (Å²) in [7, 11) is 0. The molecule has 0 radical (unpaired) electrons. The first-order valence-electron chi connectivity index (χ1n) is 8.94. The Hall–Kier alpha value is -2.02. The van der Waals surface area contributed by atoms with Crippen LogP contribution in [-0.2, 0) is 6.42 Å². The van der Waals surface area contributed by atoms with Crippen LogP contribution in [0.15, 0.2) is 55.1 Å². The van der Waals surface area contributed by atoms with Gasteiger partial charge in [0, 0.05) is 0 Å². The van der Waals surface area contributed by atoms with Gasteiger partial charge in [0.2, 0.25) is 0 Å². The molecule has 0 bridgehead atoms. The molecule has 0 amide bonds. The van der Waals surface area contributed by atoms with Crippen molar-refractivity contribution in [3.8, 4) is 5.75 Å². The van der Waals surface area contributed by atoms with Crippen LogP contribution in [0.5, 0.6) is 5.75 Å². The van der Waals surface area contributed by atoms with Gasteiger partial charge in [-0.25, -0.2) is 0 Å². The van der Waals surface area contributed by atoms with Gasteiger partial charge in [0.05, 0.1) is 6.61 Å². The van der Waals surface area contributed by atoms with E-state index in [2.05, 4.69) is 58.5 Å². The van der Waals surface area contributed by atoms with Crippen molar-refractivity contribution in [3.05, 3.63) is 77.4 Å². The Balaban J connectivity index is 0.000000341. The number of aryl methyl sites for hydroxylation is 2. The van der Waals surface area contributed by atoms with Crippen LogP contribution in [0.2, 0.25) is 0 Å². The summed E-state index contributed by atoms with van der Waals surface area (Å²) in [6.45, 7) is 13.2. The van der Waals surface area contributed by atoms with Crippen LogP contribution in [0, 0.1) is 20.8 Å². The van der Waals surface area contributed by atoms with E-state index in [4.69, 9.17) is 4.74 Å². The first-order valence-corrected chi connectivity index (χ1v) is 8.94. The summed E-state index contributed by atoms with van der Waals surface area (Å²) < 4.78 is 5.85. The van der Waals surface area contributed by atoms with Gasteiger partial charge in [-0.3, -0.25) is 0 Å². The minimum atomic E-state index is 0.825. The molecule has 0 aromatic heterocycles. The highest BCUT2D eigenvalue weighted by Crippen LogP contribution is 2.25. The van der Waals surface area contributed by atoms with Gasteiger partial charge in [0.25, 0.3) is 0 Å². The number of ether oxygens (including phenoxy) is 1. The molecule has 0 aliphatic heterocycles. The molecule has 0 aliphatic rings. The highest BCUT2D eigenvalue weighted by Gasteiger charge is 2.07. The van der Waals surface area contributed by atoms with Gasteiger partial charge in [-0.2, -0.15) is 0 Å². The van der Waals surface area contributed by atoms with Crippen LogP contribution in [0.1, 0.15) is 48.4 Å². The summed E-state index contributed by atoms with van der Waals surface area (Å²) in [6, 6.07) is 14.5. The molecule has 0 atom stereocenters. The first kappa shape index (κ1) is 20.0. The van der Waals surface area contributed by atoms with Crippen molar-refractivity contribution in [1.82, 2.24) is 0 Å². The minimum absolute atomic E-state index is 0.825. The Morgan fingerprint density at radius 2 is 1.67 bits per heavy atom. The molecule has 0 fully saturated rings. The quantitative estimate of drug-likeness (QED) is 0.412. The van der Waals surface area contributed by atoms with Crippen molar-refractivity contribution in [2.45, 2.75) is 53.4 Å². The third-order valence-corrected chi connectivity index (χ3v) is 4.08. The van der Waals surface area contributed by atoms with E-state index in [0.717, 1.165) is 25.2 Å². The van der Waals surface area contributed by atoms with Crippen molar-refractivity contribution in [2.24, 2.45) is 0 Å². The molecule has 1 heteroatoms. The Kier molecular flexibility index (Phi) is 9.60. The summed E-state index contributed by atoms with van der Waals surface area (Å²) in [4.78, 5) is 0. The van der Waals surface area contributed by atoms with Crippen molar-refractivity contribution in [2.75, 3.05) is 6.61 Å². The minimum Gasteiger partial charge on any atom is -0.493 e. The normalized spacial score (nSPS) is 9.83. The van der Waals surface area contributed by atoms with Crippen molar-refractivity contribution in [3.63, 3.8) is 0 Å². The highest BCUT2D eigenvalue weighted by molar-refractivity contribution is 5.44. The van der Waals surface area contributed by atoms with Gasteiger partial charge in [0.1, 0.15) is 5.75 Å². The van der Waals surface area contributed by atoms with Gasteiger partial charge in [-0.05, 0) is 56.4 Å². The molecule has 0 spiro atoms. The van der Waals surface area contributed by atoms with Crippen LogP contribution < -0.4 is 4.74 Å². The van der Waals surface area contributed by atoms with Gasteiger partial charge < -0.3 is 4.74 Å². The molecule has 0 aliphatic carbocycles. The predicted octanol–water partition coefficient (Wildman–Crippen LogP) is 6.60. The maximum Gasteiger partial charge on any atom is 0.122 e. The zero-order chi connectivity index (χ0) is 17.8. The number of hydrogen-bond donors (Lipinski definition) is 0. The molecule has 0 heterocycles. The molecule has 0 N–H and O–H groups in total. The van der Waals surface area contributed by atoms with E-state index in [9.17, 15) is 0 Å². The summed E-state index contributed by atoms with van der Waals surface area (Å²) in [5.41, 5.74) is 5.26. The molecular formula is C23H32O. The van der Waals surface area contributed by atoms with Crippen molar-refractivity contribution in [1.29, 1.82) is 0 Å². The number of unbranched alkanes of at least 4 members (excludes halogenated alkanes) is 2. The Labute approximate surface area is 148 Å². The fraction of sp³-hybridized carbons (Fsp3) is 0.391. The smallest absolute Gasteiger partial charge is 0.122 e. The first-order chi connectivity index (χ1) is 11.6.